The van der Waals surface area contributed by atoms with Gasteiger partial charge in [-0.05, 0) is 19.4 Å². The Kier molecular flexibility index (Phi) is 3.78. The predicted molar refractivity (Wildman–Crippen MR) is 65.3 cm³/mol. The Morgan fingerprint density at radius 2 is 2.53 bits per heavy atom. The number of hydrogen-bond acceptors (Lipinski definition) is 3. The topological polar surface area (TPSA) is 69.8 Å². The summed E-state index contributed by atoms with van der Waals surface area (Å²) < 4.78 is 0. The van der Waals surface area contributed by atoms with Crippen molar-refractivity contribution >= 4 is 5.91 Å². The third-order valence-electron chi connectivity index (χ3n) is 3.45. The molecule has 94 valence electrons. The van der Waals surface area contributed by atoms with Crippen molar-refractivity contribution in [3.63, 3.8) is 0 Å². The first kappa shape index (κ1) is 12.1. The molecule has 1 aromatic heterocycles. The van der Waals surface area contributed by atoms with Crippen LogP contribution < -0.4 is 10.6 Å². The number of amides is 1. The monoisotopic (exact) mass is 236 g/mol. The molecule has 1 aliphatic rings. The van der Waals surface area contributed by atoms with Crippen molar-refractivity contribution in [2.75, 3.05) is 13.1 Å². The maximum absolute atomic E-state index is 12.3. The largest absolute Gasteiger partial charge is 0.350 e. The molecule has 1 aromatic rings. The molecule has 0 aromatic carbocycles. The molecule has 1 saturated heterocycles. The fourth-order valence-electron chi connectivity index (χ4n) is 2.49. The lowest BCUT2D eigenvalue weighted by atomic mass is 9.81. The van der Waals surface area contributed by atoms with Crippen molar-refractivity contribution in [3.05, 3.63) is 18.2 Å². The van der Waals surface area contributed by atoms with Crippen LogP contribution in [0.5, 0.6) is 0 Å². The Morgan fingerprint density at radius 1 is 1.65 bits per heavy atom. The van der Waals surface area contributed by atoms with Gasteiger partial charge >= 0.3 is 0 Å². The van der Waals surface area contributed by atoms with E-state index in [9.17, 15) is 4.79 Å². The highest BCUT2D eigenvalue weighted by molar-refractivity contribution is 5.83. The summed E-state index contributed by atoms with van der Waals surface area (Å²) in [6, 6.07) is 0. The Balaban J connectivity index is 1.92. The van der Waals surface area contributed by atoms with Crippen LogP contribution >= 0.6 is 0 Å². The number of aromatic amines is 1. The first-order valence-electron chi connectivity index (χ1n) is 6.23. The molecule has 2 heterocycles. The highest BCUT2D eigenvalue weighted by atomic mass is 16.2. The van der Waals surface area contributed by atoms with Crippen LogP contribution in [-0.2, 0) is 11.3 Å². The molecule has 1 aliphatic heterocycles. The molecule has 17 heavy (non-hydrogen) atoms. The average molecular weight is 236 g/mol. The summed E-state index contributed by atoms with van der Waals surface area (Å²) in [4.78, 5) is 19.2. The van der Waals surface area contributed by atoms with E-state index in [0.29, 0.717) is 6.54 Å². The van der Waals surface area contributed by atoms with Crippen LogP contribution in [0, 0.1) is 5.41 Å². The zero-order valence-corrected chi connectivity index (χ0v) is 10.3. The number of hydrogen-bond donors (Lipinski definition) is 3. The molecule has 0 aliphatic carbocycles. The van der Waals surface area contributed by atoms with E-state index >= 15 is 0 Å². The standard InChI is InChI=1S/C12H20N4O/c1-2-3-12(4-5-13-8-12)11(17)15-7-10-6-14-9-16-10/h6,9,13H,2-5,7-8H2,1H3,(H,14,16)(H,15,17). The van der Waals surface area contributed by atoms with Gasteiger partial charge in [-0.25, -0.2) is 4.98 Å². The molecule has 3 N–H and O–H groups in total. The average Bonchev–Trinajstić information content (AvgIpc) is 2.97. The Labute approximate surface area is 101 Å². The molecular formula is C12H20N4O. The van der Waals surface area contributed by atoms with Crippen LogP contribution in [0.15, 0.2) is 12.5 Å². The first-order chi connectivity index (χ1) is 8.27. The number of nitrogens with zero attached hydrogens (tertiary/aromatic N) is 1. The van der Waals surface area contributed by atoms with Gasteiger partial charge in [0.2, 0.25) is 5.91 Å². The smallest absolute Gasteiger partial charge is 0.227 e. The second kappa shape index (κ2) is 5.31. The lowest BCUT2D eigenvalue weighted by molar-refractivity contribution is -0.130. The second-order valence-corrected chi connectivity index (χ2v) is 4.72. The maximum Gasteiger partial charge on any atom is 0.227 e. The number of nitrogens with one attached hydrogen (secondary N) is 3. The van der Waals surface area contributed by atoms with Crippen molar-refractivity contribution in [1.82, 2.24) is 20.6 Å². The Hall–Kier alpha value is -1.36. The maximum atomic E-state index is 12.3. The predicted octanol–water partition coefficient (Wildman–Crippen LogP) is 0.806. The zero-order valence-electron chi connectivity index (χ0n) is 10.3. The van der Waals surface area contributed by atoms with Crippen LogP contribution in [0.3, 0.4) is 0 Å². The molecule has 1 unspecified atom stereocenters. The minimum atomic E-state index is -0.200. The van der Waals surface area contributed by atoms with E-state index in [0.717, 1.165) is 38.0 Å². The fourth-order valence-corrected chi connectivity index (χ4v) is 2.49. The normalized spacial score (nSPS) is 23.8. The van der Waals surface area contributed by atoms with Crippen molar-refractivity contribution in [2.45, 2.75) is 32.7 Å². The van der Waals surface area contributed by atoms with Gasteiger partial charge in [-0.1, -0.05) is 13.3 Å². The SMILES string of the molecule is CCCC1(C(=O)NCc2cnc[nH]2)CCNC1. The molecule has 0 saturated carbocycles. The number of rotatable bonds is 5. The third-order valence-corrected chi connectivity index (χ3v) is 3.45. The van der Waals surface area contributed by atoms with Gasteiger partial charge in [0.05, 0.1) is 24.0 Å². The molecular weight excluding hydrogens is 216 g/mol. The van der Waals surface area contributed by atoms with Crippen molar-refractivity contribution in [2.24, 2.45) is 5.41 Å². The number of carbonyl (C=O) groups excluding carboxylic acids is 1. The summed E-state index contributed by atoms with van der Waals surface area (Å²) in [7, 11) is 0. The Bertz CT molecular complexity index is 355. The molecule has 0 bridgehead atoms. The van der Waals surface area contributed by atoms with Gasteiger partial charge in [0, 0.05) is 12.7 Å². The highest BCUT2D eigenvalue weighted by Gasteiger charge is 2.39. The minimum absolute atomic E-state index is 0.166. The lowest BCUT2D eigenvalue weighted by Crippen LogP contribution is -2.42. The first-order valence-corrected chi connectivity index (χ1v) is 6.23. The number of aromatic nitrogens is 2. The minimum Gasteiger partial charge on any atom is -0.350 e. The van der Waals surface area contributed by atoms with Crippen LogP contribution in [0.2, 0.25) is 0 Å². The molecule has 5 heteroatoms. The van der Waals surface area contributed by atoms with E-state index in [1.54, 1.807) is 12.5 Å². The van der Waals surface area contributed by atoms with E-state index in [4.69, 9.17) is 0 Å². The quantitative estimate of drug-likeness (QED) is 0.708. The van der Waals surface area contributed by atoms with Gasteiger partial charge in [0.25, 0.3) is 0 Å². The Morgan fingerprint density at radius 3 is 3.12 bits per heavy atom. The molecule has 0 radical (unpaired) electrons. The van der Waals surface area contributed by atoms with E-state index in [-0.39, 0.29) is 11.3 Å². The molecule has 1 fully saturated rings. The molecule has 0 spiro atoms. The van der Waals surface area contributed by atoms with E-state index in [1.165, 1.54) is 0 Å². The van der Waals surface area contributed by atoms with Crippen LogP contribution in [-0.4, -0.2) is 29.0 Å². The van der Waals surface area contributed by atoms with Crippen molar-refractivity contribution in [3.8, 4) is 0 Å². The number of H-pyrrole nitrogens is 1. The van der Waals surface area contributed by atoms with Crippen molar-refractivity contribution in [1.29, 1.82) is 0 Å². The summed E-state index contributed by atoms with van der Waals surface area (Å²) in [6.07, 6.45) is 6.30. The summed E-state index contributed by atoms with van der Waals surface area (Å²) in [5.74, 6) is 0.166. The van der Waals surface area contributed by atoms with E-state index in [2.05, 4.69) is 27.5 Å². The molecule has 1 atom stereocenters. The molecule has 1 amide bonds. The van der Waals surface area contributed by atoms with Crippen LogP contribution in [0.1, 0.15) is 31.9 Å². The lowest BCUT2D eigenvalue weighted by Gasteiger charge is -2.26. The van der Waals surface area contributed by atoms with Crippen LogP contribution in [0.4, 0.5) is 0 Å². The fraction of sp³-hybridized carbons (Fsp3) is 0.667. The van der Waals surface area contributed by atoms with Gasteiger partial charge in [-0.3, -0.25) is 4.79 Å². The molecule has 5 nitrogen and oxygen atoms in total. The van der Waals surface area contributed by atoms with Gasteiger partial charge < -0.3 is 15.6 Å². The summed E-state index contributed by atoms with van der Waals surface area (Å²) >= 11 is 0. The molecule has 2 rings (SSSR count). The van der Waals surface area contributed by atoms with Gasteiger partial charge in [0.15, 0.2) is 0 Å². The number of carbonyl (C=O) groups is 1. The number of imidazole rings is 1. The van der Waals surface area contributed by atoms with E-state index in [1.807, 2.05) is 0 Å². The van der Waals surface area contributed by atoms with Crippen molar-refractivity contribution < 1.29 is 4.79 Å². The highest BCUT2D eigenvalue weighted by Crippen LogP contribution is 2.31. The van der Waals surface area contributed by atoms with Crippen LogP contribution in [0.25, 0.3) is 0 Å². The zero-order chi connectivity index (χ0) is 12.1. The second-order valence-electron chi connectivity index (χ2n) is 4.72. The summed E-state index contributed by atoms with van der Waals surface area (Å²) in [6.45, 7) is 4.40. The van der Waals surface area contributed by atoms with Gasteiger partial charge in [-0.2, -0.15) is 0 Å². The van der Waals surface area contributed by atoms with Gasteiger partial charge in [0.1, 0.15) is 0 Å². The van der Waals surface area contributed by atoms with Gasteiger partial charge in [-0.15, -0.1) is 0 Å². The summed E-state index contributed by atoms with van der Waals surface area (Å²) in [5.41, 5.74) is 0.741. The van der Waals surface area contributed by atoms with E-state index < -0.39 is 0 Å². The summed E-state index contributed by atoms with van der Waals surface area (Å²) in [5, 5.41) is 6.29. The third kappa shape index (κ3) is 2.66.